The van der Waals surface area contributed by atoms with Crippen molar-refractivity contribution in [2.24, 2.45) is 0 Å². The van der Waals surface area contributed by atoms with E-state index in [9.17, 15) is 9.18 Å². The fourth-order valence-electron chi connectivity index (χ4n) is 3.04. The van der Waals surface area contributed by atoms with Crippen molar-refractivity contribution in [1.29, 1.82) is 0 Å². The highest BCUT2D eigenvalue weighted by molar-refractivity contribution is 9.10. The first-order chi connectivity index (χ1) is 15.8. The molecule has 4 rings (SSSR count). The van der Waals surface area contributed by atoms with Crippen LogP contribution in [-0.4, -0.2) is 15.7 Å². The van der Waals surface area contributed by atoms with Crippen LogP contribution in [0.4, 0.5) is 10.2 Å². The fourth-order valence-corrected chi connectivity index (χ4v) is 3.99. The smallest absolute Gasteiger partial charge is 0.292 e. The number of aromatic nitrogens is 2. The molecule has 0 aliphatic carbocycles. The summed E-state index contributed by atoms with van der Waals surface area (Å²) in [6.45, 7) is 2.29. The van der Waals surface area contributed by atoms with Gasteiger partial charge in [0.15, 0.2) is 11.6 Å². The van der Waals surface area contributed by atoms with E-state index in [1.807, 2.05) is 13.0 Å². The highest BCUT2D eigenvalue weighted by Gasteiger charge is 2.15. The lowest BCUT2D eigenvalue weighted by Gasteiger charge is -2.07. The minimum atomic E-state index is -0.451. The Kier molecular flexibility index (Phi) is 7.07. The van der Waals surface area contributed by atoms with Crippen LogP contribution in [0.3, 0.4) is 0 Å². The molecular formula is C23H17BrCl2FN3O3. The Labute approximate surface area is 207 Å². The van der Waals surface area contributed by atoms with Gasteiger partial charge in [-0.1, -0.05) is 45.2 Å². The number of hydrogen-bond donors (Lipinski definition) is 1. The van der Waals surface area contributed by atoms with E-state index in [1.165, 1.54) is 12.1 Å². The van der Waals surface area contributed by atoms with Gasteiger partial charge in [-0.05, 0) is 55.0 Å². The van der Waals surface area contributed by atoms with Gasteiger partial charge in [-0.2, -0.15) is 5.10 Å². The van der Waals surface area contributed by atoms with E-state index in [-0.39, 0.29) is 12.4 Å². The van der Waals surface area contributed by atoms with Gasteiger partial charge in [0.1, 0.15) is 23.9 Å². The summed E-state index contributed by atoms with van der Waals surface area (Å²) in [5.74, 6) is 0.580. The summed E-state index contributed by atoms with van der Waals surface area (Å²) in [6, 6.07) is 14.4. The van der Waals surface area contributed by atoms with E-state index in [4.69, 9.17) is 32.4 Å². The zero-order valence-corrected chi connectivity index (χ0v) is 20.3. The Morgan fingerprint density at radius 1 is 1.15 bits per heavy atom. The predicted octanol–water partition coefficient (Wildman–Crippen LogP) is 6.87. The van der Waals surface area contributed by atoms with Crippen molar-refractivity contribution in [3.05, 3.63) is 97.7 Å². The minimum Gasteiger partial charge on any atom is -0.484 e. The lowest BCUT2D eigenvalue weighted by molar-refractivity contribution is 0.0992. The summed E-state index contributed by atoms with van der Waals surface area (Å²) in [6.07, 6.45) is 0. The Morgan fingerprint density at radius 3 is 2.73 bits per heavy atom. The first-order valence-corrected chi connectivity index (χ1v) is 11.3. The van der Waals surface area contributed by atoms with Crippen LogP contribution < -0.4 is 10.1 Å². The molecule has 0 fully saturated rings. The number of benzene rings is 2. The number of carbonyl (C=O) groups is 1. The number of hydrogen-bond acceptors (Lipinski definition) is 4. The van der Waals surface area contributed by atoms with Crippen LogP contribution in [0.1, 0.15) is 27.6 Å². The molecule has 2 aromatic carbocycles. The van der Waals surface area contributed by atoms with Crippen molar-refractivity contribution in [3.8, 4) is 5.75 Å². The Hall–Kier alpha value is -2.81. The standard InChI is InChI=1S/C23H17BrCl2FN3O3/c1-13-8-22(29-30(13)11-14-2-4-16(27)10-18(14)25)28-23(31)21-7-5-17(33-21)12-32-20-6-3-15(24)9-19(20)26/h2-10H,11-12H2,1H3,(H,28,29,31). The number of rotatable bonds is 7. The summed E-state index contributed by atoms with van der Waals surface area (Å²) in [4.78, 5) is 12.6. The van der Waals surface area contributed by atoms with Crippen LogP contribution >= 0.6 is 39.1 Å². The van der Waals surface area contributed by atoms with Crippen molar-refractivity contribution in [2.45, 2.75) is 20.1 Å². The second kappa shape index (κ2) is 9.99. The van der Waals surface area contributed by atoms with Gasteiger partial charge in [0.05, 0.1) is 11.6 Å². The molecule has 33 heavy (non-hydrogen) atoms. The third-order valence-corrected chi connectivity index (χ3v) is 5.85. The number of aryl methyl sites for hydroxylation is 1. The van der Waals surface area contributed by atoms with Crippen molar-refractivity contribution in [1.82, 2.24) is 9.78 Å². The molecule has 2 heterocycles. The number of halogens is 4. The van der Waals surface area contributed by atoms with Crippen LogP contribution in [0.25, 0.3) is 0 Å². The number of furan rings is 1. The van der Waals surface area contributed by atoms with Gasteiger partial charge in [0.2, 0.25) is 0 Å². The Balaban J connectivity index is 1.38. The molecule has 0 saturated heterocycles. The molecule has 6 nitrogen and oxygen atoms in total. The summed E-state index contributed by atoms with van der Waals surface area (Å²) in [5.41, 5.74) is 1.51. The lowest BCUT2D eigenvalue weighted by Crippen LogP contribution is -2.12. The monoisotopic (exact) mass is 551 g/mol. The van der Waals surface area contributed by atoms with Gasteiger partial charge >= 0.3 is 0 Å². The van der Waals surface area contributed by atoms with Crippen molar-refractivity contribution in [3.63, 3.8) is 0 Å². The molecule has 1 amide bonds. The second-order valence-corrected chi connectivity index (χ2v) is 8.88. The number of nitrogens with one attached hydrogen (secondary N) is 1. The van der Waals surface area contributed by atoms with E-state index < -0.39 is 11.7 Å². The Bertz CT molecular complexity index is 1320. The molecule has 0 aliphatic rings. The van der Waals surface area contributed by atoms with Crippen LogP contribution in [0.5, 0.6) is 5.75 Å². The van der Waals surface area contributed by atoms with Gasteiger partial charge < -0.3 is 14.5 Å². The average Bonchev–Trinajstić information content (AvgIpc) is 3.36. The van der Waals surface area contributed by atoms with Crippen molar-refractivity contribution < 1.29 is 18.3 Å². The lowest BCUT2D eigenvalue weighted by atomic mass is 10.2. The van der Waals surface area contributed by atoms with Gasteiger partial charge in [-0.3, -0.25) is 9.48 Å². The summed E-state index contributed by atoms with van der Waals surface area (Å²) in [7, 11) is 0. The Morgan fingerprint density at radius 2 is 1.97 bits per heavy atom. The summed E-state index contributed by atoms with van der Waals surface area (Å²) < 4.78 is 27.0. The summed E-state index contributed by atoms with van der Waals surface area (Å²) >= 11 is 15.6. The van der Waals surface area contributed by atoms with Gasteiger partial charge in [0, 0.05) is 21.3 Å². The first-order valence-electron chi connectivity index (χ1n) is 9.75. The van der Waals surface area contributed by atoms with Crippen molar-refractivity contribution >= 4 is 50.9 Å². The number of amides is 1. The molecule has 0 atom stereocenters. The molecular weight excluding hydrogens is 536 g/mol. The average molecular weight is 553 g/mol. The highest BCUT2D eigenvalue weighted by atomic mass is 79.9. The third kappa shape index (κ3) is 5.76. The van der Waals surface area contributed by atoms with Crippen LogP contribution in [0.15, 0.2) is 63.5 Å². The molecule has 0 bridgehead atoms. The fraction of sp³-hybridized carbons (Fsp3) is 0.130. The molecule has 0 spiro atoms. The molecule has 0 aliphatic heterocycles. The molecule has 0 radical (unpaired) electrons. The maximum atomic E-state index is 13.3. The maximum Gasteiger partial charge on any atom is 0.292 e. The SMILES string of the molecule is Cc1cc(NC(=O)c2ccc(COc3ccc(Br)cc3Cl)o2)nn1Cc1ccc(F)cc1Cl. The van der Waals surface area contributed by atoms with E-state index in [0.717, 1.165) is 10.2 Å². The molecule has 4 aromatic rings. The van der Waals surface area contributed by atoms with Gasteiger partial charge in [-0.25, -0.2) is 4.39 Å². The normalized spacial score (nSPS) is 10.9. The van der Waals surface area contributed by atoms with Crippen LogP contribution in [0, 0.1) is 12.7 Å². The van der Waals surface area contributed by atoms with E-state index >= 15 is 0 Å². The predicted molar refractivity (Wildman–Crippen MR) is 128 cm³/mol. The first kappa shape index (κ1) is 23.4. The molecule has 2 aromatic heterocycles. The van der Waals surface area contributed by atoms with E-state index in [1.54, 1.807) is 41.1 Å². The minimum absolute atomic E-state index is 0.112. The van der Waals surface area contributed by atoms with Crippen LogP contribution in [-0.2, 0) is 13.2 Å². The zero-order chi connectivity index (χ0) is 23.5. The number of anilines is 1. The van der Waals surface area contributed by atoms with E-state index in [0.29, 0.717) is 39.5 Å². The molecule has 0 saturated carbocycles. The zero-order valence-electron chi connectivity index (χ0n) is 17.2. The molecule has 1 N–H and O–H groups in total. The number of nitrogens with zero attached hydrogens (tertiary/aromatic N) is 2. The number of ether oxygens (including phenoxy) is 1. The molecule has 170 valence electrons. The second-order valence-electron chi connectivity index (χ2n) is 7.15. The molecule has 0 unspecified atom stereocenters. The highest BCUT2D eigenvalue weighted by Crippen LogP contribution is 2.28. The molecule has 10 heteroatoms. The maximum absolute atomic E-state index is 13.3. The van der Waals surface area contributed by atoms with Gasteiger partial charge in [-0.15, -0.1) is 0 Å². The van der Waals surface area contributed by atoms with Gasteiger partial charge in [0.25, 0.3) is 5.91 Å². The quantitative estimate of drug-likeness (QED) is 0.271. The van der Waals surface area contributed by atoms with Crippen LogP contribution in [0.2, 0.25) is 10.0 Å². The number of carbonyl (C=O) groups excluding carboxylic acids is 1. The van der Waals surface area contributed by atoms with Crippen molar-refractivity contribution in [2.75, 3.05) is 5.32 Å². The largest absolute Gasteiger partial charge is 0.484 e. The topological polar surface area (TPSA) is 69.3 Å². The third-order valence-electron chi connectivity index (χ3n) is 4.71. The summed E-state index contributed by atoms with van der Waals surface area (Å²) in [5, 5.41) is 7.86. The van der Waals surface area contributed by atoms with E-state index in [2.05, 4.69) is 26.3 Å².